The Labute approximate surface area is 144 Å². The molecular formula is C19H16ClF2NO. The van der Waals surface area contributed by atoms with Gasteiger partial charge in [-0.05, 0) is 48.4 Å². The molecule has 1 aliphatic carbocycles. The van der Waals surface area contributed by atoms with E-state index in [2.05, 4.69) is 0 Å². The molecule has 1 saturated carbocycles. The molecule has 2 unspecified atom stereocenters. The predicted molar refractivity (Wildman–Crippen MR) is 89.3 cm³/mol. The van der Waals surface area contributed by atoms with Crippen molar-refractivity contribution in [2.45, 2.75) is 25.2 Å². The monoisotopic (exact) mass is 347 g/mol. The zero-order chi connectivity index (χ0) is 16.8. The molecule has 0 spiro atoms. The SMILES string of the molecule is O=C(C1CC1c1ccccc1Cl)N1CCCc2cc(F)c(F)cc21. The Bertz CT molecular complexity index is 823. The molecule has 1 aliphatic heterocycles. The maximum absolute atomic E-state index is 13.6. The number of amides is 1. The van der Waals surface area contributed by atoms with Crippen LogP contribution in [0.2, 0.25) is 5.02 Å². The van der Waals surface area contributed by atoms with Crippen LogP contribution < -0.4 is 4.90 Å². The van der Waals surface area contributed by atoms with Crippen molar-refractivity contribution in [2.75, 3.05) is 11.4 Å². The molecule has 5 heteroatoms. The first kappa shape index (κ1) is 15.6. The second kappa shape index (κ2) is 5.85. The summed E-state index contributed by atoms with van der Waals surface area (Å²) < 4.78 is 27.1. The van der Waals surface area contributed by atoms with E-state index in [1.807, 2.05) is 24.3 Å². The van der Waals surface area contributed by atoms with Gasteiger partial charge in [-0.2, -0.15) is 0 Å². The summed E-state index contributed by atoms with van der Waals surface area (Å²) in [6.07, 6.45) is 2.17. The summed E-state index contributed by atoms with van der Waals surface area (Å²) in [5, 5.41) is 0.671. The van der Waals surface area contributed by atoms with E-state index >= 15 is 0 Å². The molecule has 0 bridgehead atoms. The Morgan fingerprint density at radius 1 is 1.17 bits per heavy atom. The molecule has 4 rings (SSSR count). The topological polar surface area (TPSA) is 20.3 Å². The van der Waals surface area contributed by atoms with Gasteiger partial charge in [0.25, 0.3) is 0 Å². The number of benzene rings is 2. The largest absolute Gasteiger partial charge is 0.312 e. The van der Waals surface area contributed by atoms with Crippen molar-refractivity contribution in [1.82, 2.24) is 0 Å². The third-order valence-electron chi connectivity index (χ3n) is 4.92. The van der Waals surface area contributed by atoms with Gasteiger partial charge in [0.2, 0.25) is 5.91 Å². The first-order valence-corrected chi connectivity index (χ1v) is 8.48. The van der Waals surface area contributed by atoms with Crippen molar-refractivity contribution in [2.24, 2.45) is 5.92 Å². The third-order valence-corrected chi connectivity index (χ3v) is 5.26. The molecule has 1 heterocycles. The molecule has 2 aliphatic rings. The lowest BCUT2D eigenvalue weighted by atomic mass is 10.00. The number of hydrogen-bond acceptors (Lipinski definition) is 1. The highest BCUT2D eigenvalue weighted by atomic mass is 35.5. The van der Waals surface area contributed by atoms with E-state index in [-0.39, 0.29) is 17.7 Å². The summed E-state index contributed by atoms with van der Waals surface area (Å²) in [7, 11) is 0. The average Bonchev–Trinajstić information content (AvgIpc) is 3.36. The molecule has 2 nitrogen and oxygen atoms in total. The highest BCUT2D eigenvalue weighted by Gasteiger charge is 2.47. The maximum Gasteiger partial charge on any atom is 0.230 e. The predicted octanol–water partition coefficient (Wildman–Crippen LogP) is 4.70. The fourth-order valence-corrected chi connectivity index (χ4v) is 3.87. The third kappa shape index (κ3) is 2.59. The molecule has 1 amide bonds. The Balaban J connectivity index is 1.59. The summed E-state index contributed by atoms with van der Waals surface area (Å²) in [4.78, 5) is 14.5. The standard InChI is InChI=1S/C19H16ClF2NO/c20-15-6-2-1-5-12(15)13-9-14(13)19(24)23-7-3-4-11-8-16(21)17(22)10-18(11)23/h1-2,5-6,8,10,13-14H,3-4,7,9H2. The van der Waals surface area contributed by atoms with Crippen LogP contribution in [0.15, 0.2) is 36.4 Å². The lowest BCUT2D eigenvalue weighted by Crippen LogP contribution is -2.37. The van der Waals surface area contributed by atoms with Crippen molar-refractivity contribution < 1.29 is 13.6 Å². The Kier molecular flexibility index (Phi) is 3.80. The highest BCUT2D eigenvalue weighted by Crippen LogP contribution is 2.51. The second-order valence-electron chi connectivity index (χ2n) is 6.46. The van der Waals surface area contributed by atoms with Gasteiger partial charge < -0.3 is 4.90 Å². The minimum Gasteiger partial charge on any atom is -0.312 e. The molecule has 24 heavy (non-hydrogen) atoms. The van der Waals surface area contributed by atoms with Gasteiger partial charge in [0.05, 0.1) is 0 Å². The smallest absolute Gasteiger partial charge is 0.230 e. The highest BCUT2D eigenvalue weighted by molar-refractivity contribution is 6.31. The fourth-order valence-electron chi connectivity index (χ4n) is 3.59. The van der Waals surface area contributed by atoms with Crippen LogP contribution in [0.25, 0.3) is 0 Å². The number of nitrogens with zero attached hydrogens (tertiary/aromatic N) is 1. The summed E-state index contributed by atoms with van der Waals surface area (Å²) in [5.74, 6) is -1.81. The summed E-state index contributed by atoms with van der Waals surface area (Å²) >= 11 is 6.22. The van der Waals surface area contributed by atoms with Gasteiger partial charge in [0.1, 0.15) is 0 Å². The van der Waals surface area contributed by atoms with Crippen LogP contribution in [0.3, 0.4) is 0 Å². The molecule has 0 aromatic heterocycles. The van der Waals surface area contributed by atoms with Crippen LogP contribution in [-0.2, 0) is 11.2 Å². The molecule has 0 saturated heterocycles. The Hall–Kier alpha value is -1.94. The van der Waals surface area contributed by atoms with Gasteiger partial charge in [-0.25, -0.2) is 8.78 Å². The van der Waals surface area contributed by atoms with E-state index in [4.69, 9.17) is 11.6 Å². The molecule has 2 aromatic rings. The molecule has 124 valence electrons. The van der Waals surface area contributed by atoms with Gasteiger partial charge in [0, 0.05) is 29.2 Å². The molecule has 0 radical (unpaired) electrons. The number of carbonyl (C=O) groups is 1. The van der Waals surface area contributed by atoms with Gasteiger partial charge >= 0.3 is 0 Å². The molecule has 2 atom stereocenters. The molecular weight excluding hydrogens is 332 g/mol. The number of hydrogen-bond donors (Lipinski definition) is 0. The summed E-state index contributed by atoms with van der Waals surface area (Å²) in [6.45, 7) is 0.544. The Morgan fingerprint density at radius 2 is 1.92 bits per heavy atom. The van der Waals surface area contributed by atoms with Crippen LogP contribution in [0.1, 0.15) is 29.9 Å². The van der Waals surface area contributed by atoms with Crippen molar-refractivity contribution in [3.63, 3.8) is 0 Å². The molecule has 0 N–H and O–H groups in total. The van der Waals surface area contributed by atoms with Crippen LogP contribution >= 0.6 is 11.6 Å². The van der Waals surface area contributed by atoms with Gasteiger partial charge in [-0.3, -0.25) is 4.79 Å². The number of rotatable bonds is 2. The number of fused-ring (bicyclic) bond motifs is 1. The minimum absolute atomic E-state index is 0.0214. The zero-order valence-electron chi connectivity index (χ0n) is 12.9. The van der Waals surface area contributed by atoms with E-state index in [0.717, 1.165) is 24.5 Å². The summed E-state index contributed by atoms with van der Waals surface area (Å²) in [5.41, 5.74) is 2.19. The molecule has 2 aromatic carbocycles. The first-order valence-electron chi connectivity index (χ1n) is 8.10. The Morgan fingerprint density at radius 3 is 2.71 bits per heavy atom. The first-order chi connectivity index (χ1) is 11.6. The summed E-state index contributed by atoms with van der Waals surface area (Å²) in [6, 6.07) is 9.90. The van der Waals surface area contributed by atoms with Crippen molar-refractivity contribution in [3.8, 4) is 0 Å². The van der Waals surface area contributed by atoms with Crippen LogP contribution in [0.5, 0.6) is 0 Å². The van der Waals surface area contributed by atoms with E-state index in [1.54, 1.807) is 4.90 Å². The lowest BCUT2D eigenvalue weighted by molar-refractivity contribution is -0.120. The van der Waals surface area contributed by atoms with Crippen molar-refractivity contribution >= 4 is 23.2 Å². The van der Waals surface area contributed by atoms with E-state index in [9.17, 15) is 13.6 Å². The second-order valence-corrected chi connectivity index (χ2v) is 6.87. The molecule has 1 fully saturated rings. The van der Waals surface area contributed by atoms with Crippen LogP contribution in [0.4, 0.5) is 14.5 Å². The number of carbonyl (C=O) groups excluding carboxylic acids is 1. The number of anilines is 1. The normalized spacial score (nSPS) is 22.2. The van der Waals surface area contributed by atoms with E-state index in [0.29, 0.717) is 29.2 Å². The van der Waals surface area contributed by atoms with Crippen LogP contribution in [-0.4, -0.2) is 12.5 Å². The van der Waals surface area contributed by atoms with Gasteiger partial charge in [0.15, 0.2) is 11.6 Å². The lowest BCUT2D eigenvalue weighted by Gasteiger charge is -2.30. The van der Waals surface area contributed by atoms with Crippen LogP contribution in [0, 0.1) is 17.6 Å². The average molecular weight is 348 g/mol. The van der Waals surface area contributed by atoms with Crippen molar-refractivity contribution in [1.29, 1.82) is 0 Å². The minimum atomic E-state index is -0.910. The quantitative estimate of drug-likeness (QED) is 0.771. The number of halogens is 3. The maximum atomic E-state index is 13.6. The zero-order valence-corrected chi connectivity index (χ0v) is 13.7. The van der Waals surface area contributed by atoms with Gasteiger partial charge in [-0.1, -0.05) is 29.8 Å². The fraction of sp³-hybridized carbons (Fsp3) is 0.316. The van der Waals surface area contributed by atoms with Gasteiger partial charge in [-0.15, -0.1) is 0 Å². The van der Waals surface area contributed by atoms with E-state index < -0.39 is 11.6 Å². The van der Waals surface area contributed by atoms with E-state index in [1.165, 1.54) is 6.07 Å². The van der Waals surface area contributed by atoms with Crippen molar-refractivity contribution in [3.05, 3.63) is 64.2 Å². The number of aryl methyl sites for hydroxylation is 1.